The number of likely N-dealkylation sites (N-methyl/N-ethyl adjacent to an activating group) is 2. The second kappa shape index (κ2) is 20.2. The van der Waals surface area contributed by atoms with E-state index in [0.29, 0.717) is 38.0 Å². The van der Waals surface area contributed by atoms with Gasteiger partial charge in [-0.25, -0.2) is 0 Å². The van der Waals surface area contributed by atoms with E-state index < -0.39 is 30.2 Å². The lowest BCUT2D eigenvalue weighted by atomic mass is 9.89. The highest BCUT2D eigenvalue weighted by atomic mass is 16.5. The number of likely N-dealkylation sites (tertiary alicyclic amines) is 2. The van der Waals surface area contributed by atoms with E-state index in [9.17, 15) is 19.2 Å². The fourth-order valence-corrected chi connectivity index (χ4v) is 9.47. The molecule has 3 aliphatic rings. The van der Waals surface area contributed by atoms with Crippen LogP contribution >= 0.6 is 0 Å². The van der Waals surface area contributed by atoms with Gasteiger partial charge in [0, 0.05) is 41.0 Å². The first-order chi connectivity index (χ1) is 25.8. The number of piperidine rings is 1. The predicted molar refractivity (Wildman–Crippen MR) is 210 cm³/mol. The average molecular weight is 756 g/mol. The van der Waals surface area contributed by atoms with Gasteiger partial charge >= 0.3 is 0 Å². The number of amides is 4. The van der Waals surface area contributed by atoms with E-state index in [2.05, 4.69) is 29.4 Å². The molecule has 0 spiro atoms. The van der Waals surface area contributed by atoms with Crippen LogP contribution in [0.25, 0.3) is 0 Å². The van der Waals surface area contributed by atoms with Crippen LogP contribution in [0, 0.1) is 23.7 Å². The Morgan fingerprint density at radius 3 is 2.24 bits per heavy atom. The molecule has 1 aliphatic carbocycles. The van der Waals surface area contributed by atoms with Gasteiger partial charge in [-0.3, -0.25) is 24.1 Å². The van der Waals surface area contributed by atoms with Crippen molar-refractivity contribution in [2.45, 2.75) is 134 Å². The Labute approximate surface area is 324 Å². The third-order valence-corrected chi connectivity index (χ3v) is 12.7. The summed E-state index contributed by atoms with van der Waals surface area (Å²) in [6.45, 7) is 10.8. The third-order valence-electron chi connectivity index (χ3n) is 12.7. The Bertz CT molecular complexity index is 1380. The van der Waals surface area contributed by atoms with E-state index in [0.717, 1.165) is 37.7 Å². The maximum atomic E-state index is 14.3. The molecule has 2 N–H and O–H groups in total. The highest BCUT2D eigenvalue weighted by Gasteiger charge is 2.48. The quantitative estimate of drug-likeness (QED) is 0.205. The molecule has 4 amide bonds. The second-order valence-corrected chi connectivity index (χ2v) is 16.5. The van der Waals surface area contributed by atoms with Crippen LogP contribution in [0.1, 0.15) is 85.1 Å². The van der Waals surface area contributed by atoms with Crippen molar-refractivity contribution < 1.29 is 33.4 Å². The van der Waals surface area contributed by atoms with Crippen molar-refractivity contribution in [1.29, 1.82) is 0 Å². The van der Waals surface area contributed by atoms with E-state index in [1.165, 1.54) is 0 Å². The molecule has 2 heterocycles. The standard InChI is InChI=1S/C42H69N5O7/c1-11-27(4)37(46(7)42(51)36(26(2)3)44-41(50)38-30-19-20-32(23-30)45(38)6)34(53-9)24-35(48)47-21-15-18-33(47)39(54-10)28(5)40(49)43-31(25-52-8)22-29-16-13-12-14-17-29/h12-14,16-17,26-28,30-34,36-39H,11,15,18-25H2,1-10H3,(H,43,49)(H,44,50)/t27?,28?,30-,31?,32+,33-,34?,36?,37?,38-,39?/m0/s1. The number of carbonyl (C=O) groups excluding carboxylic acids is 4. The molecular formula is C42H69N5O7. The van der Waals surface area contributed by atoms with Crippen LogP contribution in [0.4, 0.5) is 0 Å². The zero-order valence-corrected chi connectivity index (χ0v) is 34.6. The number of carbonyl (C=O) groups is 4. The van der Waals surface area contributed by atoms with Crippen molar-refractivity contribution >= 4 is 23.6 Å². The van der Waals surface area contributed by atoms with Crippen molar-refractivity contribution in [3.63, 3.8) is 0 Å². The normalized spacial score (nSPS) is 25.1. The lowest BCUT2D eigenvalue weighted by molar-refractivity contribution is -0.148. The van der Waals surface area contributed by atoms with Gasteiger partial charge in [0.1, 0.15) is 6.04 Å². The Kier molecular flexibility index (Phi) is 16.3. The minimum Gasteiger partial charge on any atom is -0.383 e. The first kappa shape index (κ1) is 43.7. The Morgan fingerprint density at radius 2 is 1.67 bits per heavy atom. The Hall–Kier alpha value is -3.06. The second-order valence-electron chi connectivity index (χ2n) is 16.5. The summed E-state index contributed by atoms with van der Waals surface area (Å²) < 4.78 is 17.5. The topological polar surface area (TPSA) is 130 Å². The zero-order valence-electron chi connectivity index (χ0n) is 34.6. The summed E-state index contributed by atoms with van der Waals surface area (Å²) >= 11 is 0. The van der Waals surface area contributed by atoms with Gasteiger partial charge in [-0.05, 0) is 68.9 Å². The molecule has 54 heavy (non-hydrogen) atoms. The smallest absolute Gasteiger partial charge is 0.245 e. The number of rotatable bonds is 20. The Balaban J connectivity index is 1.45. The van der Waals surface area contributed by atoms with E-state index in [1.807, 2.05) is 63.1 Å². The molecule has 12 nitrogen and oxygen atoms in total. The lowest BCUT2D eigenvalue weighted by Gasteiger charge is -2.41. The number of nitrogens with one attached hydrogen (secondary N) is 2. The largest absolute Gasteiger partial charge is 0.383 e. The van der Waals surface area contributed by atoms with Crippen LogP contribution in [0.3, 0.4) is 0 Å². The van der Waals surface area contributed by atoms with Crippen LogP contribution < -0.4 is 10.6 Å². The molecular weight excluding hydrogens is 686 g/mol. The molecule has 1 aromatic rings. The molecule has 1 saturated carbocycles. The molecule has 11 atom stereocenters. The van der Waals surface area contributed by atoms with Gasteiger partial charge in [0.25, 0.3) is 0 Å². The Morgan fingerprint density at radius 1 is 0.963 bits per heavy atom. The molecule has 4 rings (SSSR count). The summed E-state index contributed by atoms with van der Waals surface area (Å²) in [5, 5.41) is 6.31. The van der Waals surface area contributed by atoms with Crippen LogP contribution in [0.2, 0.25) is 0 Å². The number of nitrogens with zero attached hydrogens (tertiary/aromatic N) is 3. The summed E-state index contributed by atoms with van der Waals surface area (Å²) in [5.74, 6) is -0.822. The monoisotopic (exact) mass is 756 g/mol. The van der Waals surface area contributed by atoms with Crippen molar-refractivity contribution in [3.8, 4) is 0 Å². The highest BCUT2D eigenvalue weighted by molar-refractivity contribution is 5.90. The molecule has 7 unspecified atom stereocenters. The molecule has 304 valence electrons. The van der Waals surface area contributed by atoms with E-state index in [-0.39, 0.29) is 60.0 Å². The SMILES string of the molecule is CCC(C)C(C(CC(=O)N1CCC[C@H]1C(OC)C(C)C(=O)NC(COC)Cc1ccccc1)OC)N(C)C(=O)C(NC(=O)[C@@H]1[C@H]2CC[C@H](C2)N1C)C(C)C. The van der Waals surface area contributed by atoms with Crippen molar-refractivity contribution in [2.24, 2.45) is 23.7 Å². The fraction of sp³-hybridized carbons (Fsp3) is 0.762. The molecule has 1 aromatic carbocycles. The summed E-state index contributed by atoms with van der Waals surface area (Å²) in [5.41, 5.74) is 1.10. The molecule has 0 radical (unpaired) electrons. The minimum absolute atomic E-state index is 0.0117. The summed E-state index contributed by atoms with van der Waals surface area (Å²) in [7, 11) is 8.61. The number of hydrogen-bond donors (Lipinski definition) is 2. The molecule has 2 aliphatic heterocycles. The lowest BCUT2D eigenvalue weighted by Crippen LogP contribution is -2.60. The minimum atomic E-state index is -0.705. The molecule has 12 heteroatoms. The van der Waals surface area contributed by atoms with Gasteiger partial charge in [-0.2, -0.15) is 0 Å². The number of hydrogen-bond acceptors (Lipinski definition) is 8. The van der Waals surface area contributed by atoms with Crippen LogP contribution in [0.5, 0.6) is 0 Å². The average Bonchev–Trinajstić information content (AvgIpc) is 3.91. The van der Waals surface area contributed by atoms with E-state index >= 15 is 0 Å². The first-order valence-corrected chi connectivity index (χ1v) is 20.2. The van der Waals surface area contributed by atoms with Gasteiger partial charge in [-0.1, -0.05) is 71.4 Å². The van der Waals surface area contributed by atoms with Gasteiger partial charge in [0.05, 0.1) is 55.3 Å². The first-order valence-electron chi connectivity index (χ1n) is 20.2. The van der Waals surface area contributed by atoms with E-state index in [4.69, 9.17) is 14.2 Å². The molecule has 3 fully saturated rings. The third kappa shape index (κ3) is 10.2. The van der Waals surface area contributed by atoms with Crippen LogP contribution in [-0.2, 0) is 39.8 Å². The fourth-order valence-electron chi connectivity index (χ4n) is 9.47. The number of methoxy groups -OCH3 is 3. The molecule has 2 bridgehead atoms. The van der Waals surface area contributed by atoms with Gasteiger partial charge in [0.2, 0.25) is 23.6 Å². The van der Waals surface area contributed by atoms with Crippen molar-refractivity contribution in [3.05, 3.63) is 35.9 Å². The molecule has 0 aromatic heterocycles. The highest BCUT2D eigenvalue weighted by Crippen LogP contribution is 2.41. The zero-order chi connectivity index (χ0) is 39.7. The van der Waals surface area contributed by atoms with Gasteiger partial charge in [-0.15, -0.1) is 0 Å². The van der Waals surface area contributed by atoms with Gasteiger partial charge < -0.3 is 34.6 Å². The van der Waals surface area contributed by atoms with Crippen molar-refractivity contribution in [1.82, 2.24) is 25.3 Å². The summed E-state index contributed by atoms with van der Waals surface area (Å²) in [6, 6.07) is 8.59. The maximum absolute atomic E-state index is 14.3. The molecule has 2 saturated heterocycles. The predicted octanol–water partition coefficient (Wildman–Crippen LogP) is 3.90. The number of ether oxygens (including phenoxy) is 3. The van der Waals surface area contributed by atoms with E-state index in [1.54, 1.807) is 33.3 Å². The number of fused-ring (bicyclic) bond motifs is 2. The maximum Gasteiger partial charge on any atom is 0.245 e. The van der Waals surface area contributed by atoms with Gasteiger partial charge in [0.15, 0.2) is 0 Å². The summed E-state index contributed by atoms with van der Waals surface area (Å²) in [4.78, 5) is 61.6. The van der Waals surface area contributed by atoms with Crippen molar-refractivity contribution in [2.75, 3.05) is 48.6 Å². The summed E-state index contributed by atoms with van der Waals surface area (Å²) in [6.07, 6.45) is 5.08. The van der Waals surface area contributed by atoms with Crippen LogP contribution in [0.15, 0.2) is 30.3 Å². The van der Waals surface area contributed by atoms with Crippen LogP contribution in [-0.4, -0.2) is 135 Å². The number of benzene rings is 1.